The third kappa shape index (κ3) is 6.66. The molecule has 0 saturated carbocycles. The second kappa shape index (κ2) is 11.0. The third-order valence-corrected chi connectivity index (χ3v) is 9.23. The summed E-state index contributed by atoms with van der Waals surface area (Å²) in [7, 11) is -3.78. The first-order chi connectivity index (χ1) is 15.8. The Kier molecular flexibility index (Phi) is 8.27. The Bertz CT molecular complexity index is 990. The van der Waals surface area contributed by atoms with Gasteiger partial charge in [0.15, 0.2) is 0 Å². The molecule has 0 aromatic carbocycles. The lowest BCUT2D eigenvalue weighted by Crippen LogP contribution is -2.55. The topological polar surface area (TPSA) is 90.0 Å². The SMILES string of the molecule is O=C1[C@@H](NS(=O)(=O)/C=C/c2ccc(Br)s2)CCCN1CC(=O)N1CCC[C@@H]1CN1CCCC1. The molecule has 3 saturated heterocycles. The van der Waals surface area contributed by atoms with Crippen molar-refractivity contribution in [1.82, 2.24) is 19.4 Å². The number of piperidine rings is 1. The van der Waals surface area contributed by atoms with Crippen molar-refractivity contribution in [2.75, 3.05) is 39.3 Å². The van der Waals surface area contributed by atoms with Crippen LogP contribution in [0, 0.1) is 0 Å². The molecule has 0 spiro atoms. The Morgan fingerprint density at radius 1 is 1.12 bits per heavy atom. The van der Waals surface area contributed by atoms with Gasteiger partial charge in [0.05, 0.1) is 10.3 Å². The van der Waals surface area contributed by atoms with Crippen LogP contribution in [0.1, 0.15) is 43.4 Å². The largest absolute Gasteiger partial charge is 0.337 e. The molecule has 3 aliphatic rings. The van der Waals surface area contributed by atoms with Gasteiger partial charge in [-0.1, -0.05) is 0 Å². The molecule has 4 rings (SSSR count). The van der Waals surface area contributed by atoms with Crippen LogP contribution in [0.15, 0.2) is 21.3 Å². The van der Waals surface area contributed by atoms with Gasteiger partial charge in [-0.05, 0) is 85.8 Å². The van der Waals surface area contributed by atoms with Crippen molar-refractivity contribution in [2.45, 2.75) is 50.6 Å². The Labute approximate surface area is 208 Å². The number of halogens is 1. The molecule has 11 heteroatoms. The van der Waals surface area contributed by atoms with Crippen molar-refractivity contribution < 1.29 is 18.0 Å². The van der Waals surface area contributed by atoms with Crippen LogP contribution < -0.4 is 4.72 Å². The maximum atomic E-state index is 13.1. The number of thiophene rings is 1. The molecule has 0 radical (unpaired) electrons. The molecule has 3 fully saturated rings. The van der Waals surface area contributed by atoms with E-state index in [0.29, 0.717) is 19.4 Å². The Morgan fingerprint density at radius 2 is 1.88 bits per heavy atom. The van der Waals surface area contributed by atoms with Crippen molar-refractivity contribution in [3.05, 3.63) is 26.2 Å². The summed E-state index contributed by atoms with van der Waals surface area (Å²) in [6.07, 6.45) is 7.05. The van der Waals surface area contributed by atoms with Crippen molar-refractivity contribution in [2.24, 2.45) is 0 Å². The molecule has 33 heavy (non-hydrogen) atoms. The summed E-state index contributed by atoms with van der Waals surface area (Å²) in [5.74, 6) is -0.350. The summed E-state index contributed by atoms with van der Waals surface area (Å²) in [6.45, 7) is 4.35. The molecular weight excluding hydrogens is 528 g/mol. The Morgan fingerprint density at radius 3 is 2.61 bits per heavy atom. The highest BCUT2D eigenvalue weighted by molar-refractivity contribution is 9.11. The van der Waals surface area contributed by atoms with Gasteiger partial charge >= 0.3 is 0 Å². The number of likely N-dealkylation sites (tertiary alicyclic amines) is 3. The second-order valence-electron chi connectivity index (χ2n) is 8.95. The van der Waals surface area contributed by atoms with Crippen molar-refractivity contribution >= 4 is 55.2 Å². The van der Waals surface area contributed by atoms with E-state index in [1.165, 1.54) is 35.2 Å². The van der Waals surface area contributed by atoms with E-state index in [0.717, 1.165) is 53.1 Å². The van der Waals surface area contributed by atoms with Gasteiger partial charge < -0.3 is 14.7 Å². The molecule has 0 aliphatic carbocycles. The van der Waals surface area contributed by atoms with Gasteiger partial charge in [-0.15, -0.1) is 11.3 Å². The number of hydrogen-bond acceptors (Lipinski definition) is 6. The van der Waals surface area contributed by atoms with Crippen LogP contribution in [0.5, 0.6) is 0 Å². The lowest BCUT2D eigenvalue weighted by atomic mass is 10.1. The number of amides is 2. The number of carbonyl (C=O) groups is 2. The summed E-state index contributed by atoms with van der Waals surface area (Å²) in [5.41, 5.74) is 0. The van der Waals surface area contributed by atoms with Crippen molar-refractivity contribution in [3.63, 3.8) is 0 Å². The molecule has 1 N–H and O–H groups in total. The minimum absolute atomic E-state index is 0.0205. The fourth-order valence-electron chi connectivity index (χ4n) is 4.89. The van der Waals surface area contributed by atoms with E-state index < -0.39 is 16.1 Å². The van der Waals surface area contributed by atoms with E-state index in [1.807, 2.05) is 17.0 Å². The number of sulfonamides is 1. The van der Waals surface area contributed by atoms with Crippen LogP contribution in [-0.2, 0) is 19.6 Å². The summed E-state index contributed by atoms with van der Waals surface area (Å²) in [6, 6.07) is 3.04. The highest BCUT2D eigenvalue weighted by Gasteiger charge is 2.36. The molecule has 8 nitrogen and oxygen atoms in total. The fourth-order valence-corrected chi connectivity index (χ4v) is 7.32. The minimum Gasteiger partial charge on any atom is -0.337 e. The maximum Gasteiger partial charge on any atom is 0.242 e. The fraction of sp³-hybridized carbons (Fsp3) is 0.636. The van der Waals surface area contributed by atoms with Gasteiger partial charge in [-0.3, -0.25) is 9.59 Å². The Hall–Kier alpha value is -1.27. The average Bonchev–Trinajstić information content (AvgIpc) is 3.52. The number of nitrogens with one attached hydrogen (secondary N) is 1. The zero-order chi connectivity index (χ0) is 23.4. The van der Waals surface area contributed by atoms with E-state index >= 15 is 0 Å². The van der Waals surface area contributed by atoms with E-state index in [9.17, 15) is 18.0 Å². The summed E-state index contributed by atoms with van der Waals surface area (Å²) in [5, 5.41) is 1.09. The first kappa shape index (κ1) is 24.8. The van der Waals surface area contributed by atoms with Gasteiger partial charge in [0.1, 0.15) is 6.04 Å². The van der Waals surface area contributed by atoms with Crippen LogP contribution in [0.3, 0.4) is 0 Å². The standard InChI is InChI=1S/C22H31BrN4O4S2/c23-20-8-7-18(32-20)9-14-33(30,31)24-19-6-4-12-26(22(19)29)16-21(28)27-13-3-5-17(27)15-25-10-1-2-11-25/h7-9,14,17,19,24H,1-6,10-13,15-16H2/b14-9+/t17-,19+/m1/s1. The van der Waals surface area contributed by atoms with Gasteiger partial charge in [0.2, 0.25) is 21.8 Å². The smallest absolute Gasteiger partial charge is 0.242 e. The van der Waals surface area contributed by atoms with Crippen molar-refractivity contribution in [1.29, 1.82) is 0 Å². The zero-order valence-electron chi connectivity index (χ0n) is 18.6. The number of hydrogen-bond donors (Lipinski definition) is 1. The first-order valence-corrected chi connectivity index (χ1v) is 14.7. The molecular formula is C22H31BrN4O4S2. The average molecular weight is 560 g/mol. The maximum absolute atomic E-state index is 13.1. The summed E-state index contributed by atoms with van der Waals surface area (Å²) >= 11 is 4.77. The van der Waals surface area contributed by atoms with Crippen LogP contribution in [-0.4, -0.2) is 86.3 Å². The van der Waals surface area contributed by atoms with Gasteiger partial charge in [0.25, 0.3) is 0 Å². The van der Waals surface area contributed by atoms with E-state index in [1.54, 1.807) is 0 Å². The monoisotopic (exact) mass is 558 g/mol. The lowest BCUT2D eigenvalue weighted by Gasteiger charge is -2.34. The molecule has 182 valence electrons. The van der Waals surface area contributed by atoms with Gasteiger partial charge in [0, 0.05) is 36.0 Å². The molecule has 1 aromatic heterocycles. The summed E-state index contributed by atoms with van der Waals surface area (Å²) in [4.78, 5) is 32.7. The normalized spacial score (nSPS) is 24.9. The third-order valence-electron chi connectivity index (χ3n) is 6.53. The van der Waals surface area contributed by atoms with E-state index in [-0.39, 0.29) is 24.4 Å². The van der Waals surface area contributed by atoms with Crippen molar-refractivity contribution in [3.8, 4) is 0 Å². The number of carbonyl (C=O) groups excluding carboxylic acids is 2. The van der Waals surface area contributed by atoms with Gasteiger partial charge in [-0.2, -0.15) is 4.72 Å². The molecule has 2 atom stereocenters. The quantitative estimate of drug-likeness (QED) is 0.529. The Balaban J connectivity index is 1.33. The van der Waals surface area contributed by atoms with E-state index in [2.05, 4.69) is 25.6 Å². The minimum atomic E-state index is -3.78. The second-order valence-corrected chi connectivity index (χ2v) is 13.0. The number of nitrogens with zero attached hydrogens (tertiary/aromatic N) is 3. The molecule has 4 heterocycles. The molecule has 0 bridgehead atoms. The van der Waals surface area contributed by atoms with Crippen LogP contribution in [0.4, 0.5) is 0 Å². The van der Waals surface area contributed by atoms with Crippen LogP contribution in [0.25, 0.3) is 6.08 Å². The molecule has 1 aromatic rings. The molecule has 3 aliphatic heterocycles. The predicted molar refractivity (Wildman–Crippen MR) is 133 cm³/mol. The highest BCUT2D eigenvalue weighted by atomic mass is 79.9. The van der Waals surface area contributed by atoms with Crippen LogP contribution >= 0.6 is 27.3 Å². The lowest BCUT2D eigenvalue weighted by molar-refractivity contribution is -0.143. The highest BCUT2D eigenvalue weighted by Crippen LogP contribution is 2.24. The number of rotatable bonds is 8. The molecule has 0 unspecified atom stereocenters. The molecule has 2 amide bonds. The van der Waals surface area contributed by atoms with Crippen LogP contribution in [0.2, 0.25) is 0 Å². The summed E-state index contributed by atoms with van der Waals surface area (Å²) < 4.78 is 28.4. The van der Waals surface area contributed by atoms with E-state index in [4.69, 9.17) is 0 Å². The van der Waals surface area contributed by atoms with Gasteiger partial charge in [-0.25, -0.2) is 8.42 Å². The zero-order valence-corrected chi connectivity index (χ0v) is 21.8. The first-order valence-electron chi connectivity index (χ1n) is 11.6. The predicted octanol–water partition coefficient (Wildman–Crippen LogP) is 2.48.